The molecule has 1 aliphatic rings. The van der Waals surface area contributed by atoms with Crippen molar-refractivity contribution in [3.05, 3.63) is 23.8 Å². The van der Waals surface area contributed by atoms with Crippen molar-refractivity contribution in [2.24, 2.45) is 5.92 Å². The van der Waals surface area contributed by atoms with Crippen molar-refractivity contribution in [1.82, 2.24) is 0 Å². The highest BCUT2D eigenvalue weighted by molar-refractivity contribution is 5.90. The number of aromatic carboxylic acids is 1. The molecule has 92 valence electrons. The molecule has 1 saturated carbocycles. The molecule has 0 saturated heterocycles. The number of carboxylic acid groups (broad SMARTS) is 1. The lowest BCUT2D eigenvalue weighted by atomic mass is 10.1. The minimum Gasteiger partial charge on any atom is -0.478 e. The second kappa shape index (κ2) is 4.65. The first-order valence-corrected chi connectivity index (χ1v) is 5.97. The number of nitrogens with one attached hydrogen (secondary N) is 1. The van der Waals surface area contributed by atoms with Gasteiger partial charge in [0.15, 0.2) is 0 Å². The van der Waals surface area contributed by atoms with Crippen LogP contribution in [0.4, 0.5) is 11.4 Å². The highest BCUT2D eigenvalue weighted by atomic mass is 16.4. The van der Waals surface area contributed by atoms with Gasteiger partial charge in [0.05, 0.1) is 16.9 Å². The Morgan fingerprint density at radius 1 is 1.47 bits per heavy atom. The van der Waals surface area contributed by atoms with E-state index in [1.54, 1.807) is 12.1 Å². The molecule has 0 radical (unpaired) electrons. The summed E-state index contributed by atoms with van der Waals surface area (Å²) in [5, 5.41) is 12.3. The van der Waals surface area contributed by atoms with Crippen molar-refractivity contribution in [3.8, 4) is 0 Å². The number of benzene rings is 1. The first kappa shape index (κ1) is 11.8. The van der Waals surface area contributed by atoms with Crippen molar-refractivity contribution < 1.29 is 9.90 Å². The Balaban J connectivity index is 2.14. The highest BCUT2D eigenvalue weighted by Gasteiger charge is 2.23. The largest absolute Gasteiger partial charge is 0.478 e. The second-order valence-corrected chi connectivity index (χ2v) is 4.77. The zero-order valence-electron chi connectivity index (χ0n) is 9.94. The summed E-state index contributed by atoms with van der Waals surface area (Å²) in [6, 6.07) is 5.29. The maximum atomic E-state index is 10.8. The summed E-state index contributed by atoms with van der Waals surface area (Å²) in [5.41, 5.74) is 7.43. The van der Waals surface area contributed by atoms with Gasteiger partial charge in [0.25, 0.3) is 0 Å². The third-order valence-electron chi connectivity index (χ3n) is 3.50. The van der Waals surface area contributed by atoms with Gasteiger partial charge in [-0.3, -0.25) is 0 Å². The zero-order chi connectivity index (χ0) is 12.4. The number of hydrogen-bond acceptors (Lipinski definition) is 3. The van der Waals surface area contributed by atoms with Crippen LogP contribution in [0.3, 0.4) is 0 Å². The number of anilines is 2. The lowest BCUT2D eigenvalue weighted by Crippen LogP contribution is -2.22. The van der Waals surface area contributed by atoms with E-state index in [0.717, 1.165) is 12.1 Å². The fourth-order valence-corrected chi connectivity index (χ4v) is 2.39. The van der Waals surface area contributed by atoms with E-state index in [9.17, 15) is 4.79 Å². The van der Waals surface area contributed by atoms with Gasteiger partial charge in [0.2, 0.25) is 0 Å². The maximum Gasteiger partial charge on any atom is 0.335 e. The van der Waals surface area contributed by atoms with Crippen LogP contribution in [-0.4, -0.2) is 17.1 Å². The summed E-state index contributed by atoms with van der Waals surface area (Å²) in [6.07, 6.45) is 3.64. The van der Waals surface area contributed by atoms with Gasteiger partial charge in [0.1, 0.15) is 0 Å². The predicted molar refractivity (Wildman–Crippen MR) is 68.2 cm³/mol. The van der Waals surface area contributed by atoms with E-state index in [0.29, 0.717) is 17.6 Å². The Hall–Kier alpha value is -1.71. The molecule has 4 N–H and O–H groups in total. The number of nitrogen functional groups attached to an aromatic ring is 1. The minimum atomic E-state index is -0.947. The van der Waals surface area contributed by atoms with Gasteiger partial charge in [-0.05, 0) is 37.0 Å². The van der Waals surface area contributed by atoms with Gasteiger partial charge in [-0.15, -0.1) is 0 Å². The number of nitrogens with two attached hydrogens (primary N) is 1. The van der Waals surface area contributed by atoms with Gasteiger partial charge in [-0.1, -0.05) is 13.3 Å². The SMILES string of the molecule is CC1CCCC1Nc1ccc(C(=O)O)cc1N. The third-order valence-corrected chi connectivity index (χ3v) is 3.50. The van der Waals surface area contributed by atoms with E-state index in [2.05, 4.69) is 12.2 Å². The molecule has 2 atom stereocenters. The van der Waals surface area contributed by atoms with Crippen molar-refractivity contribution in [2.45, 2.75) is 32.2 Å². The molecule has 0 aromatic heterocycles. The standard InChI is InChI=1S/C13H18N2O2/c1-8-3-2-4-11(8)15-12-6-5-9(13(16)17)7-10(12)14/h5-8,11,15H,2-4,14H2,1H3,(H,16,17). The third kappa shape index (κ3) is 2.52. The summed E-state index contributed by atoms with van der Waals surface area (Å²) >= 11 is 0. The maximum absolute atomic E-state index is 10.8. The van der Waals surface area contributed by atoms with Gasteiger partial charge in [0, 0.05) is 6.04 Å². The van der Waals surface area contributed by atoms with E-state index in [4.69, 9.17) is 10.8 Å². The highest BCUT2D eigenvalue weighted by Crippen LogP contribution is 2.30. The van der Waals surface area contributed by atoms with Crippen LogP contribution in [-0.2, 0) is 0 Å². The Morgan fingerprint density at radius 3 is 2.76 bits per heavy atom. The molecule has 1 aromatic carbocycles. The molecular weight excluding hydrogens is 216 g/mol. The van der Waals surface area contributed by atoms with Crippen LogP contribution in [0.1, 0.15) is 36.5 Å². The van der Waals surface area contributed by atoms with E-state index in [-0.39, 0.29) is 5.56 Å². The van der Waals surface area contributed by atoms with Crippen molar-refractivity contribution in [2.75, 3.05) is 11.1 Å². The normalized spacial score (nSPS) is 23.6. The van der Waals surface area contributed by atoms with Crippen LogP contribution >= 0.6 is 0 Å². The summed E-state index contributed by atoms with van der Waals surface area (Å²) in [6.45, 7) is 2.23. The van der Waals surface area contributed by atoms with Crippen LogP contribution < -0.4 is 11.1 Å². The number of carbonyl (C=O) groups is 1. The van der Waals surface area contributed by atoms with Crippen LogP contribution in [0, 0.1) is 5.92 Å². The predicted octanol–water partition coefficient (Wildman–Crippen LogP) is 2.57. The van der Waals surface area contributed by atoms with E-state index in [1.165, 1.54) is 18.9 Å². The summed E-state index contributed by atoms with van der Waals surface area (Å²) in [4.78, 5) is 10.8. The molecule has 17 heavy (non-hydrogen) atoms. The van der Waals surface area contributed by atoms with Crippen molar-refractivity contribution in [3.63, 3.8) is 0 Å². The summed E-state index contributed by atoms with van der Waals surface area (Å²) in [5.74, 6) is -0.300. The molecule has 2 rings (SSSR count). The summed E-state index contributed by atoms with van der Waals surface area (Å²) in [7, 11) is 0. The average Bonchev–Trinajstić information content (AvgIpc) is 2.67. The van der Waals surface area contributed by atoms with Crippen molar-refractivity contribution in [1.29, 1.82) is 0 Å². The molecule has 0 heterocycles. The monoisotopic (exact) mass is 234 g/mol. The van der Waals surface area contributed by atoms with Crippen LogP contribution in [0.5, 0.6) is 0 Å². The summed E-state index contributed by atoms with van der Waals surface area (Å²) < 4.78 is 0. The molecule has 1 fully saturated rings. The molecule has 1 aliphatic carbocycles. The number of hydrogen-bond donors (Lipinski definition) is 3. The first-order valence-electron chi connectivity index (χ1n) is 5.97. The Kier molecular flexibility index (Phi) is 3.22. The fourth-order valence-electron chi connectivity index (χ4n) is 2.39. The number of carboxylic acids is 1. The fraction of sp³-hybridized carbons (Fsp3) is 0.462. The van der Waals surface area contributed by atoms with E-state index < -0.39 is 5.97 Å². The molecule has 2 unspecified atom stereocenters. The minimum absolute atomic E-state index is 0.229. The Labute approximate surface area is 101 Å². The van der Waals surface area contributed by atoms with E-state index in [1.807, 2.05) is 0 Å². The number of rotatable bonds is 3. The average molecular weight is 234 g/mol. The topological polar surface area (TPSA) is 75.3 Å². The Morgan fingerprint density at radius 2 is 2.24 bits per heavy atom. The van der Waals surface area contributed by atoms with Gasteiger partial charge >= 0.3 is 5.97 Å². The van der Waals surface area contributed by atoms with E-state index >= 15 is 0 Å². The van der Waals surface area contributed by atoms with Gasteiger partial charge in [-0.25, -0.2) is 4.79 Å². The Bertz CT molecular complexity index is 431. The second-order valence-electron chi connectivity index (χ2n) is 4.77. The molecule has 4 nitrogen and oxygen atoms in total. The van der Waals surface area contributed by atoms with Gasteiger partial charge < -0.3 is 16.2 Å². The molecule has 0 bridgehead atoms. The zero-order valence-corrected chi connectivity index (χ0v) is 9.94. The lowest BCUT2D eigenvalue weighted by molar-refractivity contribution is 0.0697. The molecule has 0 aliphatic heterocycles. The van der Waals surface area contributed by atoms with Crippen LogP contribution in [0.25, 0.3) is 0 Å². The molecular formula is C13H18N2O2. The molecule has 4 heteroatoms. The molecule has 0 spiro atoms. The van der Waals surface area contributed by atoms with Gasteiger partial charge in [-0.2, -0.15) is 0 Å². The quantitative estimate of drug-likeness (QED) is 0.702. The lowest BCUT2D eigenvalue weighted by Gasteiger charge is -2.20. The van der Waals surface area contributed by atoms with Crippen LogP contribution in [0.2, 0.25) is 0 Å². The molecule has 1 aromatic rings. The van der Waals surface area contributed by atoms with Crippen molar-refractivity contribution >= 4 is 17.3 Å². The molecule has 0 amide bonds. The first-order chi connectivity index (χ1) is 8.08. The van der Waals surface area contributed by atoms with Crippen LogP contribution in [0.15, 0.2) is 18.2 Å². The smallest absolute Gasteiger partial charge is 0.335 e.